The molecule has 1 fully saturated rings. The Balaban J connectivity index is 1.62. The molecule has 0 saturated carbocycles. The zero-order chi connectivity index (χ0) is 17.0. The lowest BCUT2D eigenvalue weighted by atomic mass is 10.2. The Hall–Kier alpha value is -1.70. The number of hydrogen-bond acceptors (Lipinski definition) is 5. The van der Waals surface area contributed by atoms with Gasteiger partial charge in [0.2, 0.25) is 0 Å². The van der Waals surface area contributed by atoms with E-state index in [1.807, 2.05) is 29.1 Å². The Kier molecular flexibility index (Phi) is 5.33. The van der Waals surface area contributed by atoms with Gasteiger partial charge in [-0.25, -0.2) is 8.42 Å². The molecule has 1 aliphatic rings. The van der Waals surface area contributed by atoms with Crippen LogP contribution in [0.1, 0.15) is 12.0 Å². The topological polar surface area (TPSA) is 64.4 Å². The number of sulfone groups is 1. The molecule has 6 nitrogen and oxygen atoms in total. The minimum Gasteiger partial charge on any atom is -0.375 e. The van der Waals surface area contributed by atoms with E-state index in [0.29, 0.717) is 4.90 Å². The van der Waals surface area contributed by atoms with Crippen molar-refractivity contribution >= 4 is 9.84 Å². The molecule has 0 spiro atoms. The van der Waals surface area contributed by atoms with Crippen molar-refractivity contribution in [3.8, 4) is 0 Å². The van der Waals surface area contributed by atoms with Crippen molar-refractivity contribution in [1.82, 2.24) is 14.7 Å². The van der Waals surface area contributed by atoms with Gasteiger partial charge < -0.3 is 4.74 Å². The van der Waals surface area contributed by atoms with Crippen molar-refractivity contribution < 1.29 is 13.2 Å². The third kappa shape index (κ3) is 4.66. The van der Waals surface area contributed by atoms with Gasteiger partial charge in [-0.15, -0.1) is 0 Å². The Morgan fingerprint density at radius 1 is 1.29 bits per heavy atom. The summed E-state index contributed by atoms with van der Waals surface area (Å²) in [5, 5.41) is 4.24. The maximum Gasteiger partial charge on any atom is 0.175 e. The van der Waals surface area contributed by atoms with E-state index in [2.05, 4.69) is 10.00 Å². The van der Waals surface area contributed by atoms with Crippen molar-refractivity contribution in [3.05, 3.63) is 48.3 Å². The van der Waals surface area contributed by atoms with E-state index in [0.717, 1.165) is 44.8 Å². The average Bonchev–Trinajstić information content (AvgIpc) is 2.94. The SMILES string of the molecule is CS(=O)(=O)c1ccc(CN2CCCOC(Cn3cccn3)C2)cc1. The highest BCUT2D eigenvalue weighted by molar-refractivity contribution is 7.90. The second-order valence-electron chi connectivity index (χ2n) is 6.23. The van der Waals surface area contributed by atoms with Gasteiger partial charge in [0.25, 0.3) is 0 Å². The highest BCUT2D eigenvalue weighted by Crippen LogP contribution is 2.15. The molecule has 1 aromatic carbocycles. The van der Waals surface area contributed by atoms with E-state index in [1.54, 1.807) is 18.3 Å². The van der Waals surface area contributed by atoms with E-state index in [-0.39, 0.29) is 6.10 Å². The summed E-state index contributed by atoms with van der Waals surface area (Å²) in [5.74, 6) is 0. The normalized spacial score (nSPS) is 20.0. The van der Waals surface area contributed by atoms with Gasteiger partial charge >= 0.3 is 0 Å². The van der Waals surface area contributed by atoms with Crippen LogP contribution in [0, 0.1) is 0 Å². The van der Waals surface area contributed by atoms with Crippen LogP contribution in [0.4, 0.5) is 0 Å². The van der Waals surface area contributed by atoms with Crippen LogP contribution in [-0.4, -0.2) is 55.2 Å². The molecule has 0 bridgehead atoms. The van der Waals surface area contributed by atoms with Crippen LogP contribution in [0.3, 0.4) is 0 Å². The standard InChI is InChI=1S/C17H23N3O3S/c1-24(21,22)17-6-4-15(5-7-17)12-19-9-3-11-23-16(13-19)14-20-10-2-8-18-20/h2,4-8,10,16H,3,9,11-14H2,1H3. The lowest BCUT2D eigenvalue weighted by molar-refractivity contribution is 0.0391. The Morgan fingerprint density at radius 2 is 2.08 bits per heavy atom. The van der Waals surface area contributed by atoms with Gasteiger partial charge in [0, 0.05) is 44.9 Å². The fourth-order valence-corrected chi connectivity index (χ4v) is 3.57. The van der Waals surface area contributed by atoms with Gasteiger partial charge in [-0.1, -0.05) is 12.1 Å². The molecule has 7 heteroatoms. The van der Waals surface area contributed by atoms with Crippen LogP contribution in [0.25, 0.3) is 0 Å². The van der Waals surface area contributed by atoms with Crippen molar-refractivity contribution in [1.29, 1.82) is 0 Å². The molecule has 1 saturated heterocycles. The van der Waals surface area contributed by atoms with Crippen LogP contribution >= 0.6 is 0 Å². The third-order valence-corrected chi connectivity index (χ3v) is 5.27. The molecule has 1 aromatic heterocycles. The predicted octanol–water partition coefficient (Wildman–Crippen LogP) is 1.58. The number of rotatable bonds is 5. The highest BCUT2D eigenvalue weighted by atomic mass is 32.2. The van der Waals surface area contributed by atoms with E-state index >= 15 is 0 Å². The van der Waals surface area contributed by atoms with Gasteiger partial charge in [0.15, 0.2) is 9.84 Å². The van der Waals surface area contributed by atoms with Crippen molar-refractivity contribution in [2.45, 2.75) is 30.5 Å². The molecule has 3 rings (SSSR count). The second kappa shape index (κ2) is 7.46. The second-order valence-corrected chi connectivity index (χ2v) is 8.24. The lowest BCUT2D eigenvalue weighted by Crippen LogP contribution is -2.34. The average molecular weight is 349 g/mol. The minimum atomic E-state index is -3.14. The molecule has 1 aliphatic heterocycles. The monoisotopic (exact) mass is 349 g/mol. The van der Waals surface area contributed by atoms with Crippen molar-refractivity contribution in [2.24, 2.45) is 0 Å². The van der Waals surface area contributed by atoms with Gasteiger partial charge in [0.1, 0.15) is 0 Å². The molecule has 0 radical (unpaired) electrons. The van der Waals surface area contributed by atoms with E-state index in [1.165, 1.54) is 6.26 Å². The number of hydrogen-bond donors (Lipinski definition) is 0. The maximum atomic E-state index is 11.5. The largest absolute Gasteiger partial charge is 0.375 e. The Bertz CT molecular complexity index is 742. The molecule has 0 N–H and O–H groups in total. The molecule has 130 valence electrons. The van der Waals surface area contributed by atoms with Gasteiger partial charge in [-0.05, 0) is 30.2 Å². The number of benzene rings is 1. The first-order valence-corrected chi connectivity index (χ1v) is 10.0. The zero-order valence-corrected chi connectivity index (χ0v) is 14.7. The van der Waals surface area contributed by atoms with Crippen molar-refractivity contribution in [3.63, 3.8) is 0 Å². The molecule has 2 heterocycles. The van der Waals surface area contributed by atoms with Crippen LogP contribution in [0.5, 0.6) is 0 Å². The number of ether oxygens (including phenoxy) is 1. The summed E-state index contributed by atoms with van der Waals surface area (Å²) in [6.07, 6.45) is 6.06. The molecule has 2 aromatic rings. The smallest absolute Gasteiger partial charge is 0.175 e. The van der Waals surface area contributed by atoms with Gasteiger partial charge in [0.05, 0.1) is 17.5 Å². The van der Waals surface area contributed by atoms with Crippen LogP contribution in [-0.2, 0) is 27.7 Å². The van der Waals surface area contributed by atoms with Crippen LogP contribution < -0.4 is 0 Å². The Morgan fingerprint density at radius 3 is 2.75 bits per heavy atom. The van der Waals surface area contributed by atoms with Crippen molar-refractivity contribution in [2.75, 3.05) is 26.0 Å². The summed E-state index contributed by atoms with van der Waals surface area (Å²) in [4.78, 5) is 2.72. The summed E-state index contributed by atoms with van der Waals surface area (Å²) >= 11 is 0. The van der Waals surface area contributed by atoms with E-state index in [4.69, 9.17) is 4.74 Å². The molecule has 0 amide bonds. The number of aromatic nitrogens is 2. The molecule has 24 heavy (non-hydrogen) atoms. The molecule has 0 aliphatic carbocycles. The summed E-state index contributed by atoms with van der Waals surface area (Å²) in [7, 11) is -3.14. The first kappa shape index (κ1) is 17.1. The third-order valence-electron chi connectivity index (χ3n) is 4.14. The quantitative estimate of drug-likeness (QED) is 0.820. The fraction of sp³-hybridized carbons (Fsp3) is 0.471. The summed E-state index contributed by atoms with van der Waals surface area (Å²) in [6.45, 7) is 4.12. The first-order chi connectivity index (χ1) is 11.5. The van der Waals surface area contributed by atoms with Gasteiger partial charge in [-0.3, -0.25) is 9.58 Å². The van der Waals surface area contributed by atoms with Gasteiger partial charge in [-0.2, -0.15) is 5.10 Å². The highest BCUT2D eigenvalue weighted by Gasteiger charge is 2.19. The summed E-state index contributed by atoms with van der Waals surface area (Å²) in [6, 6.07) is 9.06. The molecule has 1 unspecified atom stereocenters. The minimum absolute atomic E-state index is 0.114. The van der Waals surface area contributed by atoms with E-state index in [9.17, 15) is 8.42 Å². The van der Waals surface area contributed by atoms with Crippen LogP contribution in [0.2, 0.25) is 0 Å². The van der Waals surface area contributed by atoms with Crippen LogP contribution in [0.15, 0.2) is 47.6 Å². The maximum absolute atomic E-state index is 11.5. The lowest BCUT2D eigenvalue weighted by Gasteiger charge is -2.23. The summed E-state index contributed by atoms with van der Waals surface area (Å²) in [5.41, 5.74) is 1.11. The molecular formula is C17H23N3O3S. The Labute approximate surface area is 143 Å². The molecular weight excluding hydrogens is 326 g/mol. The number of nitrogens with zero attached hydrogens (tertiary/aromatic N) is 3. The summed E-state index contributed by atoms with van der Waals surface area (Å²) < 4.78 is 30.9. The fourth-order valence-electron chi connectivity index (χ4n) is 2.94. The van der Waals surface area contributed by atoms with E-state index < -0.39 is 9.84 Å². The zero-order valence-electron chi connectivity index (χ0n) is 13.8. The predicted molar refractivity (Wildman–Crippen MR) is 91.4 cm³/mol. The molecule has 1 atom stereocenters. The first-order valence-electron chi connectivity index (χ1n) is 8.11.